The standard InChI is InChI=1S/C27H38FNO4/c1-18-13-19(7-10-25(18)28)23-14-20(29-11-5-6-12-29)17-27(2,3)24(23)9-8-21(30)15-22(31)16-26(32)33-4/h7-10,13,20-22,30-31H,5-6,11-12,14-17H2,1-4H3/b9-8+. The van der Waals surface area contributed by atoms with Crippen LogP contribution in [0.15, 0.2) is 35.9 Å². The molecule has 0 bridgehead atoms. The molecule has 1 saturated heterocycles. The molecule has 0 saturated carbocycles. The number of benzene rings is 1. The lowest BCUT2D eigenvalue weighted by Crippen LogP contribution is -2.40. The van der Waals surface area contributed by atoms with Crippen molar-refractivity contribution in [2.45, 2.75) is 77.5 Å². The molecule has 2 N–H and O–H groups in total. The first-order chi connectivity index (χ1) is 15.6. The third-order valence-electron chi connectivity index (χ3n) is 7.03. The Balaban J connectivity index is 1.90. The summed E-state index contributed by atoms with van der Waals surface area (Å²) in [5.74, 6) is -0.714. The lowest BCUT2D eigenvalue weighted by atomic mass is 9.68. The van der Waals surface area contributed by atoms with E-state index in [1.54, 1.807) is 13.0 Å². The molecule has 0 spiro atoms. The van der Waals surface area contributed by atoms with Gasteiger partial charge in [-0.05, 0) is 85.5 Å². The Morgan fingerprint density at radius 3 is 2.64 bits per heavy atom. The highest BCUT2D eigenvalue weighted by Crippen LogP contribution is 2.46. The van der Waals surface area contributed by atoms with Crippen molar-refractivity contribution in [3.63, 3.8) is 0 Å². The van der Waals surface area contributed by atoms with Gasteiger partial charge in [-0.3, -0.25) is 4.79 Å². The quantitative estimate of drug-likeness (QED) is 0.564. The minimum absolute atomic E-state index is 0.0563. The topological polar surface area (TPSA) is 70.0 Å². The Kier molecular flexibility index (Phi) is 8.48. The molecule has 0 radical (unpaired) electrons. The SMILES string of the molecule is COC(=O)CC(O)CC(O)/C=C/C1=C(c2ccc(F)c(C)c2)CC(N2CCCC2)CC1(C)C. The van der Waals surface area contributed by atoms with E-state index in [0.29, 0.717) is 11.6 Å². The lowest BCUT2D eigenvalue weighted by Gasteiger charge is -2.42. The van der Waals surface area contributed by atoms with Gasteiger partial charge in [0, 0.05) is 12.5 Å². The number of aliphatic hydroxyl groups excluding tert-OH is 2. The Hall–Kier alpha value is -2.02. The predicted octanol–water partition coefficient (Wildman–Crippen LogP) is 4.40. The van der Waals surface area contributed by atoms with E-state index in [0.717, 1.165) is 37.1 Å². The van der Waals surface area contributed by atoms with Crippen LogP contribution >= 0.6 is 0 Å². The predicted molar refractivity (Wildman–Crippen MR) is 128 cm³/mol. The van der Waals surface area contributed by atoms with E-state index in [1.807, 2.05) is 18.2 Å². The fourth-order valence-corrected chi connectivity index (χ4v) is 5.25. The van der Waals surface area contributed by atoms with Crippen LogP contribution in [0.4, 0.5) is 4.39 Å². The Morgan fingerprint density at radius 1 is 1.30 bits per heavy atom. The summed E-state index contributed by atoms with van der Waals surface area (Å²) in [6.07, 6.45) is 6.08. The van der Waals surface area contributed by atoms with Gasteiger partial charge >= 0.3 is 5.97 Å². The zero-order valence-electron chi connectivity index (χ0n) is 20.3. The molecule has 33 heavy (non-hydrogen) atoms. The summed E-state index contributed by atoms with van der Waals surface area (Å²) in [4.78, 5) is 13.9. The number of aliphatic hydroxyl groups is 2. The summed E-state index contributed by atoms with van der Waals surface area (Å²) in [5.41, 5.74) is 3.82. The zero-order valence-corrected chi connectivity index (χ0v) is 20.3. The maximum absolute atomic E-state index is 14.0. The summed E-state index contributed by atoms with van der Waals surface area (Å²) in [7, 11) is 1.27. The molecule has 3 rings (SSSR count). The highest BCUT2D eigenvalue weighted by molar-refractivity contribution is 5.74. The normalized spacial score (nSPS) is 23.2. The monoisotopic (exact) mass is 459 g/mol. The molecule has 1 heterocycles. The number of carbonyl (C=O) groups is 1. The van der Waals surface area contributed by atoms with Crippen molar-refractivity contribution in [2.24, 2.45) is 5.41 Å². The number of nitrogens with zero attached hydrogens (tertiary/aromatic N) is 1. The summed E-state index contributed by atoms with van der Waals surface area (Å²) in [5, 5.41) is 20.5. The molecule has 1 aromatic carbocycles. The van der Waals surface area contributed by atoms with Crippen molar-refractivity contribution in [3.8, 4) is 0 Å². The summed E-state index contributed by atoms with van der Waals surface area (Å²) >= 11 is 0. The molecule has 3 unspecified atom stereocenters. The van der Waals surface area contributed by atoms with Gasteiger partial charge in [0.25, 0.3) is 0 Å². The van der Waals surface area contributed by atoms with Crippen molar-refractivity contribution < 1.29 is 24.1 Å². The first-order valence-electron chi connectivity index (χ1n) is 12.0. The Bertz CT molecular complexity index is 901. The number of aryl methyl sites for hydroxylation is 1. The number of methoxy groups -OCH3 is 1. The van der Waals surface area contributed by atoms with Gasteiger partial charge in [-0.25, -0.2) is 4.39 Å². The van der Waals surface area contributed by atoms with Gasteiger partial charge < -0.3 is 19.8 Å². The minimum Gasteiger partial charge on any atom is -0.469 e. The van der Waals surface area contributed by atoms with Crippen LogP contribution in [0.2, 0.25) is 0 Å². The Labute approximate surface area is 196 Å². The molecule has 1 aliphatic heterocycles. The van der Waals surface area contributed by atoms with E-state index >= 15 is 0 Å². The highest BCUT2D eigenvalue weighted by atomic mass is 19.1. The van der Waals surface area contributed by atoms with Crippen LogP contribution in [0.1, 0.15) is 63.5 Å². The van der Waals surface area contributed by atoms with Crippen molar-refractivity contribution in [3.05, 3.63) is 52.9 Å². The number of esters is 1. The molecule has 0 aromatic heterocycles. The van der Waals surface area contributed by atoms with Crippen molar-refractivity contribution >= 4 is 11.5 Å². The van der Waals surface area contributed by atoms with E-state index in [1.165, 1.54) is 31.6 Å². The van der Waals surface area contributed by atoms with Gasteiger partial charge in [-0.2, -0.15) is 0 Å². The van der Waals surface area contributed by atoms with Gasteiger partial charge in [-0.1, -0.05) is 32.1 Å². The molecule has 3 atom stereocenters. The van der Waals surface area contributed by atoms with Crippen molar-refractivity contribution in [2.75, 3.05) is 20.2 Å². The highest BCUT2D eigenvalue weighted by Gasteiger charge is 2.37. The molecule has 0 amide bonds. The number of rotatable bonds is 8. The molecule has 6 heteroatoms. The maximum atomic E-state index is 14.0. The second kappa shape index (κ2) is 10.9. The average Bonchev–Trinajstić information content (AvgIpc) is 3.28. The summed E-state index contributed by atoms with van der Waals surface area (Å²) in [6.45, 7) is 8.48. The van der Waals surface area contributed by atoms with E-state index in [4.69, 9.17) is 0 Å². The fraction of sp³-hybridized carbons (Fsp3) is 0.593. The van der Waals surface area contributed by atoms with Gasteiger partial charge in [0.15, 0.2) is 0 Å². The molecule has 5 nitrogen and oxygen atoms in total. The van der Waals surface area contributed by atoms with Crippen LogP contribution in [0, 0.1) is 18.2 Å². The van der Waals surface area contributed by atoms with E-state index < -0.39 is 18.2 Å². The molecular formula is C27H38FNO4. The van der Waals surface area contributed by atoms with Crippen molar-refractivity contribution in [1.29, 1.82) is 0 Å². The van der Waals surface area contributed by atoms with Crippen molar-refractivity contribution in [1.82, 2.24) is 4.90 Å². The number of halogens is 1. The van der Waals surface area contributed by atoms with E-state index in [-0.39, 0.29) is 24.1 Å². The third kappa shape index (κ3) is 6.52. The second-order valence-corrected chi connectivity index (χ2v) is 10.1. The van der Waals surface area contributed by atoms with Gasteiger partial charge in [0.1, 0.15) is 5.82 Å². The molecule has 182 valence electrons. The molecule has 1 aromatic rings. The molecular weight excluding hydrogens is 421 g/mol. The summed E-state index contributed by atoms with van der Waals surface area (Å²) < 4.78 is 18.6. The van der Waals surface area contributed by atoms with Crippen LogP contribution in [0.3, 0.4) is 0 Å². The maximum Gasteiger partial charge on any atom is 0.308 e. The van der Waals surface area contributed by atoms with E-state index in [9.17, 15) is 19.4 Å². The number of hydrogen-bond donors (Lipinski definition) is 2. The molecule has 1 fully saturated rings. The minimum atomic E-state index is -0.968. The van der Waals surface area contributed by atoms with Crippen LogP contribution < -0.4 is 0 Å². The zero-order chi connectivity index (χ0) is 24.2. The smallest absolute Gasteiger partial charge is 0.308 e. The third-order valence-corrected chi connectivity index (χ3v) is 7.03. The number of hydrogen-bond acceptors (Lipinski definition) is 5. The lowest BCUT2D eigenvalue weighted by molar-refractivity contribution is -0.143. The number of ether oxygens (including phenoxy) is 1. The van der Waals surface area contributed by atoms with Gasteiger partial charge in [0.05, 0.1) is 25.7 Å². The summed E-state index contributed by atoms with van der Waals surface area (Å²) in [6, 6.07) is 5.73. The largest absolute Gasteiger partial charge is 0.469 e. The van der Waals surface area contributed by atoms with Crippen LogP contribution in [0.5, 0.6) is 0 Å². The van der Waals surface area contributed by atoms with Crippen LogP contribution in [-0.4, -0.2) is 59.5 Å². The number of allylic oxidation sites excluding steroid dienone is 2. The van der Waals surface area contributed by atoms with Crippen LogP contribution in [-0.2, 0) is 9.53 Å². The molecule has 1 aliphatic carbocycles. The molecule has 2 aliphatic rings. The van der Waals surface area contributed by atoms with Gasteiger partial charge in [0.2, 0.25) is 0 Å². The number of likely N-dealkylation sites (tertiary alicyclic amines) is 1. The Morgan fingerprint density at radius 2 is 2.00 bits per heavy atom. The second-order valence-electron chi connectivity index (χ2n) is 10.1. The number of carbonyl (C=O) groups excluding carboxylic acids is 1. The van der Waals surface area contributed by atoms with Gasteiger partial charge in [-0.15, -0.1) is 0 Å². The average molecular weight is 460 g/mol. The first-order valence-corrected chi connectivity index (χ1v) is 12.0. The van der Waals surface area contributed by atoms with Crippen LogP contribution in [0.25, 0.3) is 5.57 Å². The fourth-order valence-electron chi connectivity index (χ4n) is 5.25. The van der Waals surface area contributed by atoms with E-state index in [2.05, 4.69) is 23.5 Å². The first kappa shape index (κ1) is 25.6.